The molecule has 114 valence electrons. The molecule has 0 aromatic carbocycles. The molecule has 5 heteroatoms. The zero-order valence-electron chi connectivity index (χ0n) is 12.6. The highest BCUT2D eigenvalue weighted by molar-refractivity contribution is 7.09. The molecule has 2 rings (SSSR count). The predicted molar refractivity (Wildman–Crippen MR) is 83.7 cm³/mol. The summed E-state index contributed by atoms with van der Waals surface area (Å²) in [4.78, 5) is 4.55. The van der Waals surface area contributed by atoms with Gasteiger partial charge in [0.2, 0.25) is 0 Å². The summed E-state index contributed by atoms with van der Waals surface area (Å²) in [6, 6.07) is 0.152. The van der Waals surface area contributed by atoms with Gasteiger partial charge >= 0.3 is 0 Å². The second kappa shape index (κ2) is 8.08. The SMILES string of the molecule is CCOC(C1CCCCC1)C(Cc1csc(C)n1)NN. The summed E-state index contributed by atoms with van der Waals surface area (Å²) in [5.74, 6) is 6.44. The van der Waals surface area contributed by atoms with Crippen LogP contribution in [0.15, 0.2) is 5.38 Å². The molecule has 1 aromatic rings. The maximum atomic E-state index is 6.05. The number of aromatic nitrogens is 1. The van der Waals surface area contributed by atoms with E-state index in [2.05, 4.69) is 22.7 Å². The highest BCUT2D eigenvalue weighted by Crippen LogP contribution is 2.30. The highest BCUT2D eigenvalue weighted by atomic mass is 32.1. The Hall–Kier alpha value is -0.490. The molecule has 0 aliphatic heterocycles. The number of ether oxygens (including phenoxy) is 1. The lowest BCUT2D eigenvalue weighted by Crippen LogP contribution is -2.50. The normalized spacial score (nSPS) is 19.9. The van der Waals surface area contributed by atoms with E-state index >= 15 is 0 Å². The summed E-state index contributed by atoms with van der Waals surface area (Å²) in [7, 11) is 0. The number of thiazole rings is 1. The molecule has 0 saturated heterocycles. The Bertz CT molecular complexity index is 390. The molecule has 1 heterocycles. The molecule has 20 heavy (non-hydrogen) atoms. The minimum absolute atomic E-state index is 0.152. The fourth-order valence-corrected chi connectivity index (χ4v) is 3.86. The van der Waals surface area contributed by atoms with Crippen molar-refractivity contribution >= 4 is 11.3 Å². The highest BCUT2D eigenvalue weighted by Gasteiger charge is 2.31. The van der Waals surface area contributed by atoms with Crippen LogP contribution in [0.4, 0.5) is 0 Å². The summed E-state index contributed by atoms with van der Waals surface area (Å²) >= 11 is 1.70. The van der Waals surface area contributed by atoms with Crippen LogP contribution in [0.1, 0.15) is 49.7 Å². The van der Waals surface area contributed by atoms with Crippen molar-refractivity contribution in [2.75, 3.05) is 6.61 Å². The zero-order chi connectivity index (χ0) is 14.4. The number of rotatable bonds is 7. The lowest BCUT2D eigenvalue weighted by Gasteiger charge is -2.35. The van der Waals surface area contributed by atoms with E-state index in [1.807, 2.05) is 6.92 Å². The zero-order valence-corrected chi connectivity index (χ0v) is 13.4. The van der Waals surface area contributed by atoms with E-state index in [-0.39, 0.29) is 12.1 Å². The van der Waals surface area contributed by atoms with Crippen molar-refractivity contribution in [3.8, 4) is 0 Å². The predicted octanol–water partition coefficient (Wildman–Crippen LogP) is 2.81. The molecule has 0 spiro atoms. The molecule has 4 nitrogen and oxygen atoms in total. The van der Waals surface area contributed by atoms with Gasteiger partial charge in [0.25, 0.3) is 0 Å². The largest absolute Gasteiger partial charge is 0.377 e. The number of aryl methyl sites for hydroxylation is 1. The molecule has 0 bridgehead atoms. The van der Waals surface area contributed by atoms with E-state index in [1.54, 1.807) is 11.3 Å². The summed E-state index contributed by atoms with van der Waals surface area (Å²) in [5, 5.41) is 3.24. The van der Waals surface area contributed by atoms with Gasteiger partial charge in [-0.2, -0.15) is 0 Å². The first kappa shape index (κ1) is 15.9. The summed E-state index contributed by atoms with van der Waals surface area (Å²) in [5.41, 5.74) is 4.10. The Balaban J connectivity index is 2.03. The van der Waals surface area contributed by atoms with Crippen molar-refractivity contribution in [2.24, 2.45) is 11.8 Å². The third-order valence-electron chi connectivity index (χ3n) is 4.18. The third kappa shape index (κ3) is 4.25. The van der Waals surface area contributed by atoms with Crippen molar-refractivity contribution in [3.63, 3.8) is 0 Å². The van der Waals surface area contributed by atoms with Gasteiger partial charge in [-0.25, -0.2) is 4.98 Å². The number of hydrogen-bond donors (Lipinski definition) is 2. The van der Waals surface area contributed by atoms with Gasteiger partial charge in [-0.1, -0.05) is 19.3 Å². The standard InChI is InChI=1S/C15H27N3OS/c1-3-19-15(12-7-5-4-6-8-12)14(18-16)9-13-10-20-11(2)17-13/h10,12,14-15,18H,3-9,16H2,1-2H3. The quantitative estimate of drug-likeness (QED) is 0.600. The molecular formula is C15H27N3OS. The van der Waals surface area contributed by atoms with Crippen LogP contribution in [-0.2, 0) is 11.2 Å². The maximum Gasteiger partial charge on any atom is 0.0897 e. The first-order valence-electron chi connectivity index (χ1n) is 7.73. The molecule has 0 amide bonds. The number of nitrogens with zero attached hydrogens (tertiary/aromatic N) is 1. The Morgan fingerprint density at radius 3 is 2.75 bits per heavy atom. The topological polar surface area (TPSA) is 60.2 Å². The number of nitrogens with one attached hydrogen (secondary N) is 1. The Kier molecular flexibility index (Phi) is 6.42. The van der Waals surface area contributed by atoms with Crippen molar-refractivity contribution in [1.82, 2.24) is 10.4 Å². The Labute approximate surface area is 126 Å². The van der Waals surface area contributed by atoms with Gasteiger partial charge in [-0.05, 0) is 32.6 Å². The van der Waals surface area contributed by atoms with Gasteiger partial charge in [-0.3, -0.25) is 11.3 Å². The fourth-order valence-electron chi connectivity index (χ4n) is 3.23. The Morgan fingerprint density at radius 1 is 1.45 bits per heavy atom. The minimum atomic E-state index is 0.152. The molecule has 0 radical (unpaired) electrons. The summed E-state index contributed by atoms with van der Waals surface area (Å²) in [6.45, 7) is 4.85. The van der Waals surface area contributed by atoms with Gasteiger partial charge in [0.1, 0.15) is 0 Å². The molecule has 1 saturated carbocycles. The van der Waals surface area contributed by atoms with E-state index in [0.717, 1.165) is 23.7 Å². The van der Waals surface area contributed by atoms with Crippen LogP contribution < -0.4 is 11.3 Å². The number of hydrazine groups is 1. The molecule has 1 aliphatic carbocycles. The van der Waals surface area contributed by atoms with E-state index in [9.17, 15) is 0 Å². The van der Waals surface area contributed by atoms with Gasteiger partial charge in [0.05, 0.1) is 22.8 Å². The van der Waals surface area contributed by atoms with Gasteiger partial charge in [0, 0.05) is 18.4 Å². The van der Waals surface area contributed by atoms with Crippen LogP contribution in [0, 0.1) is 12.8 Å². The van der Waals surface area contributed by atoms with E-state index in [4.69, 9.17) is 10.6 Å². The van der Waals surface area contributed by atoms with Gasteiger partial charge in [-0.15, -0.1) is 11.3 Å². The van der Waals surface area contributed by atoms with Crippen LogP contribution in [-0.4, -0.2) is 23.7 Å². The van der Waals surface area contributed by atoms with Crippen molar-refractivity contribution < 1.29 is 4.74 Å². The Morgan fingerprint density at radius 2 is 2.20 bits per heavy atom. The van der Waals surface area contributed by atoms with E-state index < -0.39 is 0 Å². The lowest BCUT2D eigenvalue weighted by atomic mass is 9.81. The van der Waals surface area contributed by atoms with E-state index in [0.29, 0.717) is 5.92 Å². The average Bonchev–Trinajstić information content (AvgIpc) is 2.89. The monoisotopic (exact) mass is 297 g/mol. The fraction of sp³-hybridized carbons (Fsp3) is 0.800. The summed E-state index contributed by atoms with van der Waals surface area (Å²) < 4.78 is 6.05. The smallest absolute Gasteiger partial charge is 0.0897 e. The molecule has 3 N–H and O–H groups in total. The van der Waals surface area contributed by atoms with Crippen LogP contribution in [0.25, 0.3) is 0 Å². The average molecular weight is 297 g/mol. The number of nitrogens with two attached hydrogens (primary N) is 1. The van der Waals surface area contributed by atoms with Crippen LogP contribution in [0.5, 0.6) is 0 Å². The third-order valence-corrected chi connectivity index (χ3v) is 5.00. The molecule has 1 aliphatic rings. The molecule has 1 aromatic heterocycles. The van der Waals surface area contributed by atoms with Crippen LogP contribution >= 0.6 is 11.3 Å². The summed E-state index contributed by atoms with van der Waals surface area (Å²) in [6.07, 6.45) is 7.58. The second-order valence-electron chi connectivity index (χ2n) is 5.65. The maximum absolute atomic E-state index is 6.05. The first-order valence-corrected chi connectivity index (χ1v) is 8.61. The van der Waals surface area contributed by atoms with Crippen molar-refractivity contribution in [3.05, 3.63) is 16.1 Å². The molecular weight excluding hydrogens is 270 g/mol. The lowest BCUT2D eigenvalue weighted by molar-refractivity contribution is -0.0176. The van der Waals surface area contributed by atoms with Gasteiger partial charge in [0.15, 0.2) is 0 Å². The van der Waals surface area contributed by atoms with Crippen molar-refractivity contribution in [2.45, 2.75) is 64.5 Å². The second-order valence-corrected chi connectivity index (χ2v) is 6.72. The van der Waals surface area contributed by atoms with Gasteiger partial charge < -0.3 is 4.74 Å². The first-order chi connectivity index (χ1) is 9.74. The van der Waals surface area contributed by atoms with Crippen LogP contribution in [0.2, 0.25) is 0 Å². The van der Waals surface area contributed by atoms with Crippen molar-refractivity contribution in [1.29, 1.82) is 0 Å². The molecule has 1 fully saturated rings. The molecule has 2 atom stereocenters. The minimum Gasteiger partial charge on any atom is -0.377 e. The molecule has 2 unspecified atom stereocenters. The van der Waals surface area contributed by atoms with E-state index in [1.165, 1.54) is 32.1 Å². The van der Waals surface area contributed by atoms with Crippen LogP contribution in [0.3, 0.4) is 0 Å². The number of hydrogen-bond acceptors (Lipinski definition) is 5.